The van der Waals surface area contributed by atoms with Gasteiger partial charge >= 0.3 is 0 Å². The number of thiophene rings is 2. The van der Waals surface area contributed by atoms with Gasteiger partial charge in [0.1, 0.15) is 0 Å². The second-order valence-electron chi connectivity index (χ2n) is 21.3. The normalized spacial score (nSPS) is 11.7. The molecule has 0 nitrogen and oxygen atoms in total. The second kappa shape index (κ2) is 20.0. The van der Waals surface area contributed by atoms with Gasteiger partial charge in [0.15, 0.2) is 0 Å². The summed E-state index contributed by atoms with van der Waals surface area (Å²) < 4.78 is 5.35. The molecule has 2 heterocycles. The molecule has 0 unspecified atom stereocenters. The lowest BCUT2D eigenvalue weighted by atomic mass is 9.83. The quantitative estimate of drug-likeness (QED) is 0.146. The van der Waals surface area contributed by atoms with Crippen molar-refractivity contribution in [1.29, 1.82) is 0 Å². The van der Waals surface area contributed by atoms with E-state index in [9.17, 15) is 0 Å². The smallest absolute Gasteiger partial charge is 0.0355 e. The van der Waals surface area contributed by atoms with Crippen LogP contribution in [0.5, 0.6) is 0 Å². The Morgan fingerprint density at radius 1 is 0.159 bits per heavy atom. The monoisotopic (exact) mass is 1070 g/mol. The molecule has 0 atom stereocenters. The molecule has 0 bridgehead atoms. The van der Waals surface area contributed by atoms with Gasteiger partial charge in [0.25, 0.3) is 0 Å². The number of fused-ring (bicyclic) bond motifs is 11. The van der Waals surface area contributed by atoms with Crippen LogP contribution in [0, 0.1) is 0 Å². The highest BCUT2D eigenvalue weighted by atomic mass is 32.1. The maximum absolute atomic E-state index is 2.41. The molecular formula is C80H50S2. The molecule has 0 amide bonds. The minimum Gasteiger partial charge on any atom is -0.135 e. The van der Waals surface area contributed by atoms with Crippen molar-refractivity contribution < 1.29 is 0 Å². The van der Waals surface area contributed by atoms with Gasteiger partial charge in [-0.3, -0.25) is 0 Å². The molecule has 17 aromatic rings. The predicted octanol–water partition coefficient (Wildman–Crippen LogP) is 23.9. The summed E-state index contributed by atoms with van der Waals surface area (Å²) in [7, 11) is 0. The van der Waals surface area contributed by atoms with Gasteiger partial charge in [-0.25, -0.2) is 0 Å². The van der Waals surface area contributed by atoms with Crippen LogP contribution in [0.4, 0.5) is 0 Å². The van der Waals surface area contributed by atoms with Crippen LogP contribution in [0.2, 0.25) is 0 Å². The Labute approximate surface area is 483 Å². The van der Waals surface area contributed by atoms with E-state index in [1.54, 1.807) is 0 Å². The molecule has 0 saturated carbocycles. The van der Waals surface area contributed by atoms with E-state index in [4.69, 9.17) is 0 Å². The van der Waals surface area contributed by atoms with Crippen LogP contribution < -0.4 is 0 Å². The van der Waals surface area contributed by atoms with Gasteiger partial charge in [0.05, 0.1) is 0 Å². The highest BCUT2D eigenvalue weighted by molar-refractivity contribution is 7.26. The summed E-state index contributed by atoms with van der Waals surface area (Å²) in [5, 5.41) is 18.1. The molecule has 17 rings (SSSR count). The van der Waals surface area contributed by atoms with Crippen LogP contribution in [0.3, 0.4) is 0 Å². The first-order valence-corrected chi connectivity index (χ1v) is 29.8. The second-order valence-corrected chi connectivity index (χ2v) is 23.5. The first-order chi connectivity index (χ1) is 40.7. The van der Waals surface area contributed by atoms with Crippen molar-refractivity contribution >= 4 is 117 Å². The van der Waals surface area contributed by atoms with Crippen LogP contribution in [0.15, 0.2) is 303 Å². The highest BCUT2D eigenvalue weighted by Gasteiger charge is 2.21. The fraction of sp³-hybridized carbons (Fsp3) is 0. The molecule has 82 heavy (non-hydrogen) atoms. The maximum Gasteiger partial charge on any atom is 0.0355 e. The topological polar surface area (TPSA) is 0 Å². The van der Waals surface area contributed by atoms with E-state index in [-0.39, 0.29) is 0 Å². The largest absolute Gasteiger partial charge is 0.135 e. The van der Waals surface area contributed by atoms with E-state index >= 15 is 0 Å². The summed E-state index contributed by atoms with van der Waals surface area (Å²) in [6.45, 7) is 0. The van der Waals surface area contributed by atoms with E-state index in [1.807, 2.05) is 22.7 Å². The van der Waals surface area contributed by atoms with Crippen LogP contribution in [0.25, 0.3) is 161 Å². The van der Waals surface area contributed by atoms with Crippen LogP contribution in [-0.2, 0) is 0 Å². The van der Waals surface area contributed by atoms with E-state index in [1.165, 1.54) is 161 Å². The molecular weight excluding hydrogens is 1030 g/mol. The van der Waals surface area contributed by atoms with Crippen molar-refractivity contribution in [2.24, 2.45) is 0 Å². The summed E-state index contributed by atoms with van der Waals surface area (Å²) in [4.78, 5) is 0. The Morgan fingerprint density at radius 2 is 0.476 bits per heavy atom. The van der Waals surface area contributed by atoms with Gasteiger partial charge in [-0.05, 0) is 157 Å². The third-order valence-electron chi connectivity index (χ3n) is 16.8. The van der Waals surface area contributed by atoms with Gasteiger partial charge in [-0.2, -0.15) is 0 Å². The Hall–Kier alpha value is -9.96. The number of hydrogen-bond donors (Lipinski definition) is 0. The van der Waals surface area contributed by atoms with Gasteiger partial charge in [-0.1, -0.05) is 267 Å². The molecule has 0 aliphatic rings. The van der Waals surface area contributed by atoms with Gasteiger partial charge in [0.2, 0.25) is 0 Å². The van der Waals surface area contributed by atoms with Crippen molar-refractivity contribution in [2.75, 3.05) is 0 Å². The molecule has 0 aliphatic heterocycles. The molecule has 2 heteroatoms. The molecule has 2 aromatic heterocycles. The molecule has 0 spiro atoms. The average molecular weight is 1080 g/mol. The lowest BCUT2D eigenvalue weighted by Gasteiger charge is -2.20. The Balaban J connectivity index is 0.000000136. The van der Waals surface area contributed by atoms with Gasteiger partial charge < -0.3 is 0 Å². The summed E-state index contributed by atoms with van der Waals surface area (Å²) in [5.41, 5.74) is 15.2. The standard InChI is InChI=1S/C42H26S.C38H24S/c1-2-14-29-27(12-1)13-11-22-30(29)31-15-3-4-17-33(31)42-36-20-7-5-18-34(36)41(35-19-6-8-21-37(35)42)28-24-25-40-38(26-28)32-16-9-10-23-39(32)43-40;1-2-10-25(11-3-1)26-18-20-27(21-19-26)37-30-13-4-6-15-32(30)38(33-16-7-5-14-31(33)37)28-22-23-36-34(24-28)29-12-8-9-17-35(29)39-36/h1-26H;1-24H. The van der Waals surface area contributed by atoms with Crippen molar-refractivity contribution in [1.82, 2.24) is 0 Å². The third kappa shape index (κ3) is 8.02. The lowest BCUT2D eigenvalue weighted by Crippen LogP contribution is -1.93. The number of rotatable bonds is 6. The summed E-state index contributed by atoms with van der Waals surface area (Å²) in [6, 6.07) is 111. The SMILES string of the molecule is c1ccc(-c2c3ccccc3c(-c3ccc4sc5ccccc5c4c3)c3ccccc23)c(-c2cccc3ccccc23)c1.c1ccc(-c2ccc(-c3c4ccccc4c(-c4ccc5sc6ccccc6c5c4)c4ccccc34)cc2)cc1. The molecule has 15 aromatic carbocycles. The number of benzene rings is 15. The van der Waals surface area contributed by atoms with Crippen LogP contribution in [-0.4, -0.2) is 0 Å². The predicted molar refractivity (Wildman–Crippen MR) is 359 cm³/mol. The maximum atomic E-state index is 2.41. The van der Waals surface area contributed by atoms with E-state index in [0.717, 1.165) is 0 Å². The Morgan fingerprint density at radius 3 is 0.976 bits per heavy atom. The van der Waals surface area contributed by atoms with Crippen molar-refractivity contribution in [3.05, 3.63) is 303 Å². The van der Waals surface area contributed by atoms with Crippen molar-refractivity contribution in [3.63, 3.8) is 0 Å². The Bertz CT molecular complexity index is 5210. The summed E-state index contributed by atoms with van der Waals surface area (Å²) in [5.74, 6) is 0. The Kier molecular flexibility index (Phi) is 11.7. The van der Waals surface area contributed by atoms with E-state index < -0.39 is 0 Å². The zero-order valence-corrected chi connectivity index (χ0v) is 46.3. The lowest BCUT2D eigenvalue weighted by molar-refractivity contribution is 1.61. The molecule has 0 radical (unpaired) electrons. The molecule has 382 valence electrons. The molecule has 0 fully saturated rings. The van der Waals surface area contributed by atoms with Crippen LogP contribution in [0.1, 0.15) is 0 Å². The van der Waals surface area contributed by atoms with Crippen LogP contribution >= 0.6 is 22.7 Å². The zero-order valence-electron chi connectivity index (χ0n) is 44.7. The van der Waals surface area contributed by atoms with Crippen molar-refractivity contribution in [3.8, 4) is 66.8 Å². The van der Waals surface area contributed by atoms with Gasteiger partial charge in [-0.15, -0.1) is 22.7 Å². The first kappa shape index (κ1) is 48.0. The average Bonchev–Trinajstić information content (AvgIpc) is 4.27. The van der Waals surface area contributed by atoms with Crippen molar-refractivity contribution in [2.45, 2.75) is 0 Å². The fourth-order valence-corrected chi connectivity index (χ4v) is 15.3. The zero-order chi connectivity index (χ0) is 54.1. The number of hydrogen-bond acceptors (Lipinski definition) is 2. The summed E-state index contributed by atoms with van der Waals surface area (Å²) >= 11 is 3.74. The first-order valence-electron chi connectivity index (χ1n) is 28.1. The van der Waals surface area contributed by atoms with E-state index in [2.05, 4.69) is 303 Å². The molecule has 0 aliphatic carbocycles. The van der Waals surface area contributed by atoms with E-state index in [0.29, 0.717) is 0 Å². The fourth-order valence-electron chi connectivity index (χ4n) is 13.1. The molecule has 0 N–H and O–H groups in total. The summed E-state index contributed by atoms with van der Waals surface area (Å²) in [6.07, 6.45) is 0. The van der Waals surface area contributed by atoms with Gasteiger partial charge in [0, 0.05) is 40.3 Å². The minimum absolute atomic E-state index is 1.24. The third-order valence-corrected chi connectivity index (χ3v) is 19.1. The molecule has 0 saturated heterocycles. The highest BCUT2D eigenvalue weighted by Crippen LogP contribution is 2.49. The minimum atomic E-state index is 1.24.